The van der Waals surface area contributed by atoms with E-state index >= 15 is 0 Å². The molecule has 41 heavy (non-hydrogen) atoms. The highest BCUT2D eigenvalue weighted by molar-refractivity contribution is 6.31. The lowest BCUT2D eigenvalue weighted by Crippen LogP contribution is -2.49. The van der Waals surface area contributed by atoms with Crippen LogP contribution in [-0.2, 0) is 28.9 Å². The number of pyridine rings is 1. The van der Waals surface area contributed by atoms with Crippen molar-refractivity contribution in [1.29, 1.82) is 0 Å². The van der Waals surface area contributed by atoms with Gasteiger partial charge in [-0.3, -0.25) is 9.78 Å². The Morgan fingerprint density at radius 2 is 1.73 bits per heavy atom. The number of carboxylic acids is 1. The molecule has 1 fully saturated rings. The molecule has 0 saturated carbocycles. The van der Waals surface area contributed by atoms with Crippen LogP contribution in [0.4, 0.5) is 32.0 Å². The Balaban J connectivity index is 0.000000493. The van der Waals surface area contributed by atoms with Gasteiger partial charge in [0, 0.05) is 53.9 Å². The number of benzene rings is 1. The Bertz CT molecular complexity index is 1450. The normalized spacial score (nSPS) is 19.4. The van der Waals surface area contributed by atoms with Gasteiger partial charge in [0.05, 0.1) is 12.1 Å². The molecule has 2 atom stereocenters. The summed E-state index contributed by atoms with van der Waals surface area (Å²) in [5, 5.41) is 15.8. The van der Waals surface area contributed by atoms with E-state index in [1.165, 1.54) is 0 Å². The Labute approximate surface area is 234 Å². The lowest BCUT2D eigenvalue weighted by atomic mass is 9.85. The maximum Gasteiger partial charge on any atom is 0.490 e. The number of hydrogen-bond acceptors (Lipinski definition) is 6. The van der Waals surface area contributed by atoms with E-state index in [0.717, 1.165) is 26.9 Å². The minimum absolute atomic E-state index is 0.0301. The van der Waals surface area contributed by atoms with Gasteiger partial charge in [0.2, 0.25) is 11.7 Å². The zero-order valence-electron chi connectivity index (χ0n) is 21.8. The van der Waals surface area contributed by atoms with Crippen molar-refractivity contribution in [3.05, 3.63) is 46.6 Å². The Hall–Kier alpha value is -3.62. The van der Waals surface area contributed by atoms with Crippen LogP contribution in [0.2, 0.25) is 5.02 Å². The lowest BCUT2D eigenvalue weighted by molar-refractivity contribution is -0.192. The molecule has 0 radical (unpaired) electrons. The molecule has 0 unspecified atom stereocenters. The van der Waals surface area contributed by atoms with Crippen molar-refractivity contribution in [2.24, 2.45) is 11.8 Å². The third kappa shape index (κ3) is 6.66. The minimum Gasteiger partial charge on any atom is -0.475 e. The standard InChI is InChI=1S/C23H24ClF3N6O.C2HF3O2/c1-13-11-31(19-9-14(2)28-18-10-15(24)3-4-17(18)19)6-5-16(13)21(34)32-7-8-33-20(12-32)29-30-22(33)23(25,26)27;3-2(4,5)1(6)7/h3-4,9-10,13,16H,5-8,11-12H2,1-2H3;(H,6,7)/t13-,16+;/m1./s1. The van der Waals surface area contributed by atoms with Gasteiger partial charge >= 0.3 is 18.3 Å². The van der Waals surface area contributed by atoms with Crippen molar-refractivity contribution in [1.82, 2.24) is 24.6 Å². The van der Waals surface area contributed by atoms with Gasteiger partial charge in [-0.1, -0.05) is 18.5 Å². The molecule has 1 amide bonds. The van der Waals surface area contributed by atoms with E-state index in [9.17, 15) is 31.1 Å². The highest BCUT2D eigenvalue weighted by Gasteiger charge is 2.41. The molecule has 0 spiro atoms. The number of carbonyl (C=O) groups excluding carboxylic acids is 1. The molecule has 16 heteroatoms. The van der Waals surface area contributed by atoms with Crippen LogP contribution >= 0.6 is 11.6 Å². The van der Waals surface area contributed by atoms with Crippen molar-refractivity contribution in [3.63, 3.8) is 0 Å². The van der Waals surface area contributed by atoms with E-state index in [-0.39, 0.29) is 43.2 Å². The molecule has 2 aliphatic rings. The summed E-state index contributed by atoms with van der Waals surface area (Å²) < 4.78 is 72.1. The summed E-state index contributed by atoms with van der Waals surface area (Å²) in [5.41, 5.74) is 2.80. The lowest BCUT2D eigenvalue weighted by Gasteiger charge is -2.40. The first-order chi connectivity index (χ1) is 19.1. The molecule has 0 bridgehead atoms. The summed E-state index contributed by atoms with van der Waals surface area (Å²) >= 11 is 6.15. The molecule has 0 aliphatic carbocycles. The predicted molar refractivity (Wildman–Crippen MR) is 135 cm³/mol. The van der Waals surface area contributed by atoms with E-state index in [0.29, 0.717) is 24.5 Å². The monoisotopic (exact) mass is 606 g/mol. The van der Waals surface area contributed by atoms with Crippen LogP contribution in [0.1, 0.15) is 30.7 Å². The Kier molecular flexibility index (Phi) is 8.39. The van der Waals surface area contributed by atoms with E-state index in [1.807, 2.05) is 25.1 Å². The largest absolute Gasteiger partial charge is 0.490 e. The fourth-order valence-electron chi connectivity index (χ4n) is 5.09. The number of aryl methyl sites for hydroxylation is 1. The second-order valence-corrected chi connectivity index (χ2v) is 10.4. The van der Waals surface area contributed by atoms with E-state index in [2.05, 4.69) is 33.1 Å². The van der Waals surface area contributed by atoms with Crippen LogP contribution in [0, 0.1) is 18.8 Å². The number of rotatable bonds is 2. The van der Waals surface area contributed by atoms with Crippen LogP contribution in [-0.4, -0.2) is 67.4 Å². The van der Waals surface area contributed by atoms with Gasteiger partial charge in [-0.15, -0.1) is 10.2 Å². The summed E-state index contributed by atoms with van der Waals surface area (Å²) in [6, 6.07) is 7.73. The summed E-state index contributed by atoms with van der Waals surface area (Å²) in [6.45, 7) is 5.70. The molecule has 4 heterocycles. The number of halogens is 7. The number of alkyl halides is 6. The van der Waals surface area contributed by atoms with Gasteiger partial charge in [0.1, 0.15) is 0 Å². The van der Waals surface area contributed by atoms with Gasteiger partial charge in [0.15, 0.2) is 5.82 Å². The number of carbonyl (C=O) groups is 2. The average Bonchev–Trinajstić information content (AvgIpc) is 3.31. The second-order valence-electron chi connectivity index (χ2n) is 9.91. The minimum atomic E-state index is -5.08. The number of anilines is 1. The first-order valence-electron chi connectivity index (χ1n) is 12.5. The van der Waals surface area contributed by atoms with Crippen LogP contribution in [0.25, 0.3) is 10.9 Å². The number of aliphatic carboxylic acids is 1. The molecule has 9 nitrogen and oxygen atoms in total. The molecule has 1 aromatic carbocycles. The zero-order valence-corrected chi connectivity index (χ0v) is 22.6. The van der Waals surface area contributed by atoms with Gasteiger partial charge in [-0.05, 0) is 43.5 Å². The number of fused-ring (bicyclic) bond motifs is 2. The molecule has 2 aliphatic heterocycles. The van der Waals surface area contributed by atoms with Gasteiger partial charge in [-0.25, -0.2) is 4.79 Å². The van der Waals surface area contributed by atoms with Crippen molar-refractivity contribution >= 4 is 40.1 Å². The first-order valence-corrected chi connectivity index (χ1v) is 12.8. The SMILES string of the molecule is Cc1cc(N2CC[C@H](C(=O)N3CCn4c(nnc4C(F)(F)F)C3)[C@H](C)C2)c2ccc(Cl)cc2n1.O=C(O)C(F)(F)F. The Morgan fingerprint density at radius 3 is 2.34 bits per heavy atom. The topological polar surface area (TPSA) is 104 Å². The average molecular weight is 607 g/mol. The van der Waals surface area contributed by atoms with Crippen LogP contribution in [0.5, 0.6) is 0 Å². The fourth-order valence-corrected chi connectivity index (χ4v) is 5.26. The highest BCUT2D eigenvalue weighted by Crippen LogP contribution is 2.35. The fraction of sp³-hybridized carbons (Fsp3) is 0.480. The number of piperidine rings is 1. The summed E-state index contributed by atoms with van der Waals surface area (Å²) in [7, 11) is 0. The van der Waals surface area contributed by atoms with Crippen LogP contribution < -0.4 is 4.90 Å². The number of carboxylic acid groups (broad SMARTS) is 1. The van der Waals surface area contributed by atoms with Crippen molar-refractivity contribution < 1.29 is 41.0 Å². The second kappa shape index (κ2) is 11.3. The summed E-state index contributed by atoms with van der Waals surface area (Å²) in [5.74, 6) is -3.74. The predicted octanol–water partition coefficient (Wildman–Crippen LogP) is 4.95. The third-order valence-corrected chi connectivity index (χ3v) is 7.24. The molecule has 222 valence electrons. The summed E-state index contributed by atoms with van der Waals surface area (Å²) in [6.07, 6.45) is -8.98. The first kappa shape index (κ1) is 30.3. The molecule has 3 aromatic rings. The molecule has 2 aromatic heterocycles. The molecule has 5 rings (SSSR count). The number of amides is 1. The zero-order chi connectivity index (χ0) is 30.3. The van der Waals surface area contributed by atoms with E-state index < -0.39 is 24.1 Å². The number of aromatic nitrogens is 4. The van der Waals surface area contributed by atoms with Crippen LogP contribution in [0.3, 0.4) is 0 Å². The number of nitrogens with zero attached hydrogens (tertiary/aromatic N) is 6. The van der Waals surface area contributed by atoms with Crippen LogP contribution in [0.15, 0.2) is 24.3 Å². The maximum absolute atomic E-state index is 13.3. The van der Waals surface area contributed by atoms with E-state index in [1.54, 1.807) is 4.90 Å². The van der Waals surface area contributed by atoms with Crippen molar-refractivity contribution in [2.45, 2.75) is 45.7 Å². The smallest absolute Gasteiger partial charge is 0.475 e. The van der Waals surface area contributed by atoms with E-state index in [4.69, 9.17) is 21.5 Å². The van der Waals surface area contributed by atoms with Crippen molar-refractivity contribution in [2.75, 3.05) is 24.5 Å². The summed E-state index contributed by atoms with van der Waals surface area (Å²) in [4.78, 5) is 30.7. The molecular weight excluding hydrogens is 582 g/mol. The third-order valence-electron chi connectivity index (χ3n) is 7.00. The molecular formula is C25H25ClF6N6O3. The highest BCUT2D eigenvalue weighted by atomic mass is 35.5. The molecule has 1 saturated heterocycles. The number of hydrogen-bond donors (Lipinski definition) is 1. The quantitative estimate of drug-likeness (QED) is 0.412. The maximum atomic E-state index is 13.3. The van der Waals surface area contributed by atoms with Gasteiger partial charge < -0.3 is 19.5 Å². The molecule has 1 N–H and O–H groups in total. The Morgan fingerprint density at radius 1 is 1.05 bits per heavy atom. The van der Waals surface area contributed by atoms with Crippen molar-refractivity contribution in [3.8, 4) is 0 Å². The van der Waals surface area contributed by atoms with Gasteiger partial charge in [0.25, 0.3) is 0 Å². The van der Waals surface area contributed by atoms with Gasteiger partial charge in [-0.2, -0.15) is 26.3 Å².